The van der Waals surface area contributed by atoms with E-state index in [1.807, 2.05) is 0 Å². The lowest BCUT2D eigenvalue weighted by Gasteiger charge is -2.09. The molecule has 8 nitrogen and oxygen atoms in total. The number of nitrogens with one attached hydrogen (secondary N) is 1. The van der Waals surface area contributed by atoms with E-state index in [1.54, 1.807) is 0 Å². The molecule has 2 N–H and O–H groups in total. The van der Waals surface area contributed by atoms with Crippen molar-refractivity contribution < 1.29 is 22.7 Å². The second-order valence-corrected chi connectivity index (χ2v) is 6.26. The molecule has 0 fully saturated rings. The summed E-state index contributed by atoms with van der Waals surface area (Å²) in [5.41, 5.74) is -0.737. The second-order valence-electron chi connectivity index (χ2n) is 3.91. The van der Waals surface area contributed by atoms with Crippen molar-refractivity contribution in [2.45, 2.75) is 5.03 Å². The number of aryl methyl sites for hydroxylation is 1. The predicted molar refractivity (Wildman–Crippen MR) is 72.9 cm³/mol. The summed E-state index contributed by atoms with van der Waals surface area (Å²) in [6, 6.07) is 2.85. The lowest BCUT2D eigenvalue weighted by atomic mass is 10.2. The Morgan fingerprint density at radius 1 is 1.48 bits per heavy atom. The number of carboxylic acid groups (broad SMARTS) is 1. The Kier molecular flexibility index (Phi) is 3.96. The van der Waals surface area contributed by atoms with Crippen LogP contribution in [0.1, 0.15) is 10.4 Å². The van der Waals surface area contributed by atoms with E-state index in [2.05, 4.69) is 31.0 Å². The van der Waals surface area contributed by atoms with Gasteiger partial charge in [-0.1, -0.05) is 5.21 Å². The van der Waals surface area contributed by atoms with E-state index < -0.39 is 27.4 Å². The second kappa shape index (κ2) is 5.41. The van der Waals surface area contributed by atoms with Gasteiger partial charge in [0, 0.05) is 12.7 Å². The fraction of sp³-hybridized carbons (Fsp3) is 0.100. The first-order valence-electron chi connectivity index (χ1n) is 5.33. The summed E-state index contributed by atoms with van der Waals surface area (Å²) in [5, 5.41) is 15.6. The van der Waals surface area contributed by atoms with Crippen molar-refractivity contribution in [2.24, 2.45) is 7.05 Å². The van der Waals surface area contributed by atoms with Gasteiger partial charge in [0.15, 0.2) is 4.60 Å². The fourth-order valence-electron chi connectivity index (χ4n) is 1.56. The Labute approximate surface area is 126 Å². The van der Waals surface area contributed by atoms with Crippen LogP contribution in [0, 0.1) is 5.82 Å². The Hall–Kier alpha value is -2.01. The molecular formula is C10H8BrFN4O4S. The molecule has 112 valence electrons. The van der Waals surface area contributed by atoms with Gasteiger partial charge < -0.3 is 5.11 Å². The maximum Gasteiger partial charge on any atom is 0.338 e. The summed E-state index contributed by atoms with van der Waals surface area (Å²) in [4.78, 5) is 10.8. The van der Waals surface area contributed by atoms with Crippen LogP contribution in [-0.4, -0.2) is 34.5 Å². The SMILES string of the molecule is Cn1nnc(Br)c1S(=O)(=O)Nc1ccc(F)c(C(=O)O)c1. The molecule has 0 radical (unpaired) electrons. The van der Waals surface area contributed by atoms with Crippen LogP contribution in [0.5, 0.6) is 0 Å². The van der Waals surface area contributed by atoms with E-state index in [0.29, 0.717) is 0 Å². The van der Waals surface area contributed by atoms with Crippen LogP contribution < -0.4 is 4.72 Å². The Morgan fingerprint density at radius 3 is 2.67 bits per heavy atom. The van der Waals surface area contributed by atoms with E-state index >= 15 is 0 Å². The van der Waals surface area contributed by atoms with Crippen molar-refractivity contribution in [3.63, 3.8) is 0 Å². The number of nitrogens with zero attached hydrogens (tertiary/aromatic N) is 3. The molecule has 0 saturated carbocycles. The largest absolute Gasteiger partial charge is 0.478 e. The molecule has 1 aromatic carbocycles. The van der Waals surface area contributed by atoms with E-state index in [9.17, 15) is 17.6 Å². The van der Waals surface area contributed by atoms with Gasteiger partial charge in [-0.25, -0.2) is 13.9 Å². The Morgan fingerprint density at radius 2 is 2.14 bits per heavy atom. The van der Waals surface area contributed by atoms with Gasteiger partial charge in [-0.3, -0.25) is 4.72 Å². The van der Waals surface area contributed by atoms with Gasteiger partial charge in [-0.15, -0.1) is 5.10 Å². The molecule has 0 bridgehead atoms. The molecule has 0 aliphatic rings. The van der Waals surface area contributed by atoms with Crippen molar-refractivity contribution in [3.05, 3.63) is 34.2 Å². The smallest absolute Gasteiger partial charge is 0.338 e. The van der Waals surface area contributed by atoms with Crippen molar-refractivity contribution in [1.29, 1.82) is 0 Å². The Bertz CT molecular complexity index is 801. The summed E-state index contributed by atoms with van der Waals surface area (Å²) in [6.07, 6.45) is 0. The van der Waals surface area contributed by atoms with Gasteiger partial charge in [-0.05, 0) is 34.1 Å². The van der Waals surface area contributed by atoms with Gasteiger partial charge >= 0.3 is 5.97 Å². The third kappa shape index (κ3) is 3.03. The molecule has 0 aliphatic carbocycles. The summed E-state index contributed by atoms with van der Waals surface area (Å²) in [5.74, 6) is -2.47. The third-order valence-electron chi connectivity index (χ3n) is 2.44. The number of halogens is 2. The number of rotatable bonds is 4. The van der Waals surface area contributed by atoms with Crippen molar-refractivity contribution in [1.82, 2.24) is 15.0 Å². The molecule has 1 aromatic heterocycles. The molecule has 0 aliphatic heterocycles. The maximum absolute atomic E-state index is 13.3. The average Bonchev–Trinajstić information content (AvgIpc) is 2.71. The highest BCUT2D eigenvalue weighted by Gasteiger charge is 2.24. The number of hydrogen-bond acceptors (Lipinski definition) is 5. The molecule has 11 heteroatoms. The number of sulfonamides is 1. The molecule has 1 heterocycles. The average molecular weight is 379 g/mol. The first-order chi connectivity index (χ1) is 9.72. The number of carboxylic acids is 1. The van der Waals surface area contributed by atoms with Crippen LogP contribution in [0.3, 0.4) is 0 Å². The minimum absolute atomic E-state index is 0.00179. The zero-order valence-electron chi connectivity index (χ0n) is 10.4. The van der Waals surface area contributed by atoms with Gasteiger partial charge in [0.05, 0.1) is 5.56 Å². The first kappa shape index (κ1) is 15.4. The summed E-state index contributed by atoms with van der Waals surface area (Å²) < 4.78 is 40.8. The van der Waals surface area contributed by atoms with Crippen LogP contribution in [-0.2, 0) is 17.1 Å². The number of benzene rings is 1. The van der Waals surface area contributed by atoms with Crippen molar-refractivity contribution in [2.75, 3.05) is 4.72 Å². The number of aromatic carboxylic acids is 1. The van der Waals surface area contributed by atoms with Crippen molar-refractivity contribution in [3.8, 4) is 0 Å². The minimum atomic E-state index is -4.06. The molecular weight excluding hydrogens is 371 g/mol. The fourth-order valence-corrected chi connectivity index (χ4v) is 3.71. The van der Waals surface area contributed by atoms with Crippen LogP contribution in [0.15, 0.2) is 27.8 Å². The Balaban J connectivity index is 2.42. The lowest BCUT2D eigenvalue weighted by molar-refractivity contribution is 0.0692. The van der Waals surface area contributed by atoms with E-state index in [1.165, 1.54) is 7.05 Å². The summed E-state index contributed by atoms with van der Waals surface area (Å²) >= 11 is 2.95. The molecule has 2 rings (SSSR count). The van der Waals surface area contributed by atoms with E-state index in [0.717, 1.165) is 22.9 Å². The molecule has 2 aromatic rings. The summed E-state index contributed by atoms with van der Waals surface area (Å²) in [6.45, 7) is 0. The zero-order chi connectivity index (χ0) is 15.8. The molecule has 0 amide bonds. The number of aromatic nitrogens is 3. The predicted octanol–water partition coefficient (Wildman–Crippen LogP) is 1.22. The van der Waals surface area contributed by atoms with Crippen LogP contribution in [0.25, 0.3) is 0 Å². The van der Waals surface area contributed by atoms with Crippen LogP contribution in [0.2, 0.25) is 0 Å². The number of anilines is 1. The van der Waals surface area contributed by atoms with E-state index in [4.69, 9.17) is 5.11 Å². The highest BCUT2D eigenvalue weighted by atomic mass is 79.9. The van der Waals surface area contributed by atoms with Gasteiger partial charge in [0.2, 0.25) is 5.03 Å². The lowest BCUT2D eigenvalue weighted by Crippen LogP contribution is -2.17. The standard InChI is InChI=1S/C10H8BrFN4O4S/c1-16-9(8(11)13-15-16)21(19,20)14-5-2-3-7(12)6(4-5)10(17)18/h2-4,14H,1H3,(H,17,18). The highest BCUT2D eigenvalue weighted by molar-refractivity contribution is 9.10. The molecule has 0 atom stereocenters. The topological polar surface area (TPSA) is 114 Å². The maximum atomic E-state index is 13.3. The molecule has 0 unspecified atom stereocenters. The van der Waals surface area contributed by atoms with Gasteiger partial charge in [-0.2, -0.15) is 8.42 Å². The molecule has 0 saturated heterocycles. The van der Waals surface area contributed by atoms with Gasteiger partial charge in [0.25, 0.3) is 10.0 Å². The van der Waals surface area contributed by atoms with Crippen LogP contribution >= 0.6 is 15.9 Å². The monoisotopic (exact) mass is 378 g/mol. The third-order valence-corrected chi connectivity index (χ3v) is 4.71. The quantitative estimate of drug-likeness (QED) is 0.826. The van der Waals surface area contributed by atoms with Gasteiger partial charge in [0.1, 0.15) is 5.82 Å². The van der Waals surface area contributed by atoms with E-state index in [-0.39, 0.29) is 15.3 Å². The molecule has 0 spiro atoms. The number of hydrogen-bond donors (Lipinski definition) is 2. The first-order valence-corrected chi connectivity index (χ1v) is 7.61. The number of carbonyl (C=O) groups is 1. The summed E-state index contributed by atoms with van der Waals surface area (Å²) in [7, 11) is -2.69. The molecule has 21 heavy (non-hydrogen) atoms. The minimum Gasteiger partial charge on any atom is -0.478 e. The zero-order valence-corrected chi connectivity index (χ0v) is 12.8. The normalized spacial score (nSPS) is 11.4. The van der Waals surface area contributed by atoms with Crippen molar-refractivity contribution >= 4 is 37.6 Å². The van der Waals surface area contributed by atoms with Crippen LogP contribution in [0.4, 0.5) is 10.1 Å². The highest BCUT2D eigenvalue weighted by Crippen LogP contribution is 2.22.